The van der Waals surface area contributed by atoms with E-state index >= 15 is 0 Å². The summed E-state index contributed by atoms with van der Waals surface area (Å²) in [5, 5.41) is 2.29. The van der Waals surface area contributed by atoms with Gasteiger partial charge in [-0.1, -0.05) is 31.2 Å². The van der Waals surface area contributed by atoms with E-state index in [0.29, 0.717) is 27.3 Å². The summed E-state index contributed by atoms with van der Waals surface area (Å²) in [4.78, 5) is 39.8. The van der Waals surface area contributed by atoms with Crippen LogP contribution < -0.4 is 4.90 Å². The molecule has 0 radical (unpaired) electrons. The number of anilines is 1. The number of amides is 2. The highest BCUT2D eigenvalue weighted by molar-refractivity contribution is 7.15. The minimum atomic E-state index is -0.367. The molecule has 0 fully saturated rings. The number of carbonyl (C=O) groups is 3. The van der Waals surface area contributed by atoms with Crippen molar-refractivity contribution in [1.82, 2.24) is 0 Å². The minimum absolute atomic E-state index is 0.113. The van der Waals surface area contributed by atoms with Crippen LogP contribution in [-0.4, -0.2) is 17.6 Å². The number of nitrogens with zero attached hydrogens (tertiary/aromatic N) is 1. The van der Waals surface area contributed by atoms with Crippen molar-refractivity contribution in [2.75, 3.05) is 4.90 Å². The summed E-state index contributed by atoms with van der Waals surface area (Å²) in [6.07, 6.45) is 0.846. The first-order valence-electron chi connectivity index (χ1n) is 8.39. The number of imide groups is 1. The van der Waals surface area contributed by atoms with Gasteiger partial charge in [-0.3, -0.25) is 14.4 Å². The Labute approximate surface area is 153 Å². The monoisotopic (exact) mass is 359 g/mol. The van der Waals surface area contributed by atoms with Gasteiger partial charge in [0.1, 0.15) is 5.00 Å². The Hall–Kier alpha value is -3.05. The second-order valence-electron chi connectivity index (χ2n) is 6.38. The number of fused-ring (bicyclic) bond motifs is 4. The molecule has 1 aromatic heterocycles. The number of carbonyl (C=O) groups excluding carboxylic acids is 3. The third kappa shape index (κ3) is 1.81. The molecule has 0 spiro atoms. The quantitative estimate of drug-likeness (QED) is 0.501. The van der Waals surface area contributed by atoms with E-state index in [2.05, 4.69) is 0 Å². The second-order valence-corrected chi connectivity index (χ2v) is 7.24. The van der Waals surface area contributed by atoms with Crippen molar-refractivity contribution in [1.29, 1.82) is 0 Å². The van der Waals surface area contributed by atoms with Gasteiger partial charge in [-0.05, 0) is 35.7 Å². The van der Waals surface area contributed by atoms with Gasteiger partial charge in [-0.2, -0.15) is 0 Å². The fraction of sp³-hybridized carbons (Fsp3) is 0.0952. The molecular formula is C21H13NO3S. The Morgan fingerprint density at radius 1 is 0.846 bits per heavy atom. The van der Waals surface area contributed by atoms with Crippen LogP contribution in [0.15, 0.2) is 47.8 Å². The zero-order chi connectivity index (χ0) is 18.0. The maximum absolute atomic E-state index is 13.0. The number of thiophene rings is 1. The Balaban J connectivity index is 1.66. The maximum atomic E-state index is 13.0. The molecule has 2 aliphatic rings. The predicted octanol–water partition coefficient (Wildman–Crippen LogP) is 4.32. The Bertz CT molecular complexity index is 1110. The molecule has 3 aromatic rings. The average Bonchev–Trinajstić information content (AvgIpc) is 3.29. The van der Waals surface area contributed by atoms with E-state index < -0.39 is 0 Å². The van der Waals surface area contributed by atoms with E-state index in [1.807, 2.05) is 30.5 Å². The highest BCUT2D eigenvalue weighted by atomic mass is 32.1. The van der Waals surface area contributed by atoms with Gasteiger partial charge in [0.25, 0.3) is 11.8 Å². The zero-order valence-electron chi connectivity index (χ0n) is 13.9. The lowest BCUT2D eigenvalue weighted by Gasteiger charge is -2.12. The van der Waals surface area contributed by atoms with Gasteiger partial charge in [0, 0.05) is 16.5 Å². The fourth-order valence-corrected chi connectivity index (χ4v) is 4.74. The van der Waals surface area contributed by atoms with Crippen LogP contribution in [-0.2, 0) is 6.42 Å². The molecule has 5 heteroatoms. The Morgan fingerprint density at radius 2 is 1.54 bits per heavy atom. The molecule has 26 heavy (non-hydrogen) atoms. The van der Waals surface area contributed by atoms with Crippen LogP contribution in [0.3, 0.4) is 0 Å². The molecule has 0 saturated heterocycles. The lowest BCUT2D eigenvalue weighted by Crippen LogP contribution is -2.29. The first kappa shape index (κ1) is 15.2. The summed E-state index contributed by atoms with van der Waals surface area (Å²) >= 11 is 1.27. The second kappa shape index (κ2) is 5.22. The molecular weight excluding hydrogens is 346 g/mol. The van der Waals surface area contributed by atoms with Gasteiger partial charge < -0.3 is 0 Å². The summed E-state index contributed by atoms with van der Waals surface area (Å²) in [6, 6.07) is 12.6. The number of hydrogen-bond donors (Lipinski definition) is 0. The molecule has 0 unspecified atom stereocenters. The van der Waals surface area contributed by atoms with E-state index in [1.165, 1.54) is 11.3 Å². The van der Waals surface area contributed by atoms with Crippen molar-refractivity contribution in [2.45, 2.75) is 13.3 Å². The van der Waals surface area contributed by atoms with Gasteiger partial charge in [-0.15, -0.1) is 11.3 Å². The van der Waals surface area contributed by atoms with Crippen molar-refractivity contribution >= 4 is 33.9 Å². The van der Waals surface area contributed by atoms with Crippen LogP contribution in [0.5, 0.6) is 0 Å². The van der Waals surface area contributed by atoms with E-state index in [-0.39, 0.29) is 17.6 Å². The van der Waals surface area contributed by atoms with Crippen molar-refractivity contribution < 1.29 is 14.4 Å². The van der Waals surface area contributed by atoms with E-state index in [0.717, 1.165) is 28.0 Å². The molecule has 0 bridgehead atoms. The first-order valence-corrected chi connectivity index (χ1v) is 9.27. The number of ketones is 1. The topological polar surface area (TPSA) is 54.5 Å². The Kier molecular flexibility index (Phi) is 3.06. The van der Waals surface area contributed by atoms with Gasteiger partial charge in [-0.25, -0.2) is 4.90 Å². The highest BCUT2D eigenvalue weighted by Crippen LogP contribution is 2.47. The van der Waals surface area contributed by atoms with Crippen molar-refractivity contribution in [2.24, 2.45) is 0 Å². The first-order chi connectivity index (χ1) is 12.6. The standard InChI is InChI=1S/C21H13NO3S/c1-2-11-7-8-12-15(9-11)18(23)17-16(12)10-26-21(17)22-19(24)13-5-3-4-6-14(13)20(22)25/h3-10H,2H2,1H3. The molecule has 126 valence electrons. The van der Waals surface area contributed by atoms with Gasteiger partial charge in [0.2, 0.25) is 0 Å². The minimum Gasteiger partial charge on any atom is -0.288 e. The van der Waals surface area contributed by atoms with Crippen LogP contribution in [0.4, 0.5) is 5.00 Å². The van der Waals surface area contributed by atoms with Crippen LogP contribution in [0.1, 0.15) is 49.1 Å². The average molecular weight is 359 g/mol. The van der Waals surface area contributed by atoms with E-state index in [1.54, 1.807) is 24.3 Å². The summed E-state index contributed by atoms with van der Waals surface area (Å²) in [5.74, 6) is -0.848. The molecule has 0 saturated carbocycles. The molecule has 2 amide bonds. The molecule has 1 aliphatic carbocycles. The van der Waals surface area contributed by atoms with Crippen molar-refractivity contribution in [3.8, 4) is 11.1 Å². The van der Waals surface area contributed by atoms with Crippen molar-refractivity contribution in [3.05, 3.63) is 75.7 Å². The third-order valence-electron chi connectivity index (χ3n) is 5.02. The van der Waals surface area contributed by atoms with Crippen molar-refractivity contribution in [3.63, 3.8) is 0 Å². The fourth-order valence-electron chi connectivity index (χ4n) is 3.67. The summed E-state index contributed by atoms with van der Waals surface area (Å²) in [6.45, 7) is 2.04. The zero-order valence-corrected chi connectivity index (χ0v) is 14.7. The molecule has 4 nitrogen and oxygen atoms in total. The lowest BCUT2D eigenvalue weighted by molar-refractivity contribution is 0.0927. The predicted molar refractivity (Wildman–Crippen MR) is 100 cm³/mol. The highest BCUT2D eigenvalue weighted by Gasteiger charge is 2.41. The molecule has 5 rings (SSSR count). The summed E-state index contributed by atoms with van der Waals surface area (Å²) in [5.41, 5.74) is 4.67. The van der Waals surface area contributed by atoms with Gasteiger partial charge in [0.15, 0.2) is 5.78 Å². The molecule has 2 aromatic carbocycles. The van der Waals surface area contributed by atoms with Crippen LogP contribution >= 0.6 is 11.3 Å². The smallest absolute Gasteiger partial charge is 0.266 e. The largest absolute Gasteiger partial charge is 0.288 e. The Morgan fingerprint density at radius 3 is 2.19 bits per heavy atom. The molecule has 1 aliphatic heterocycles. The number of benzene rings is 2. The summed E-state index contributed by atoms with van der Waals surface area (Å²) in [7, 11) is 0. The normalized spacial score (nSPS) is 14.7. The van der Waals surface area contributed by atoms with Gasteiger partial charge >= 0.3 is 0 Å². The lowest BCUT2D eigenvalue weighted by atomic mass is 10.0. The molecule has 0 atom stereocenters. The van der Waals surface area contributed by atoms with Crippen LogP contribution in [0.2, 0.25) is 0 Å². The van der Waals surface area contributed by atoms with Crippen LogP contribution in [0.25, 0.3) is 11.1 Å². The van der Waals surface area contributed by atoms with Gasteiger partial charge in [0.05, 0.1) is 16.7 Å². The number of hydrogen-bond acceptors (Lipinski definition) is 4. The summed E-state index contributed by atoms with van der Waals surface area (Å²) < 4.78 is 0. The third-order valence-corrected chi connectivity index (χ3v) is 5.99. The molecule has 0 N–H and O–H groups in total. The SMILES string of the molecule is CCc1ccc2c(c1)C(=O)c1c-2csc1N1C(=O)c2ccccc2C1=O. The number of aryl methyl sites for hydroxylation is 1. The number of rotatable bonds is 2. The van der Waals surface area contributed by atoms with Crippen LogP contribution in [0, 0.1) is 0 Å². The van der Waals surface area contributed by atoms with E-state index in [4.69, 9.17) is 0 Å². The van der Waals surface area contributed by atoms with E-state index in [9.17, 15) is 14.4 Å². The maximum Gasteiger partial charge on any atom is 0.266 e. The molecule has 2 heterocycles.